The van der Waals surface area contributed by atoms with Gasteiger partial charge in [0.25, 0.3) is 5.91 Å². The van der Waals surface area contributed by atoms with Crippen molar-refractivity contribution in [3.8, 4) is 5.88 Å². The predicted molar refractivity (Wildman–Crippen MR) is 58.1 cm³/mol. The van der Waals surface area contributed by atoms with Gasteiger partial charge >= 0.3 is 6.18 Å². The summed E-state index contributed by atoms with van der Waals surface area (Å²) in [5, 5.41) is 0. The first-order valence-electron chi connectivity index (χ1n) is 4.98. The van der Waals surface area contributed by atoms with Gasteiger partial charge in [-0.1, -0.05) is 12.2 Å². The Kier molecular flexibility index (Phi) is 4.30. The largest absolute Gasteiger partial charge is 0.473 e. The van der Waals surface area contributed by atoms with Crippen molar-refractivity contribution in [1.82, 2.24) is 4.98 Å². The number of aromatic nitrogens is 1. The van der Waals surface area contributed by atoms with Crippen molar-refractivity contribution < 1.29 is 22.7 Å². The molecule has 0 aliphatic heterocycles. The average Bonchev–Trinajstić information content (AvgIpc) is 2.27. The third-order valence-electron chi connectivity index (χ3n) is 1.97. The quantitative estimate of drug-likeness (QED) is 0.843. The van der Waals surface area contributed by atoms with Crippen molar-refractivity contribution in [3.05, 3.63) is 35.5 Å². The SMILES string of the molecule is C/C=C/COc1nc(C(F)(F)F)ccc1C(N)=O. The van der Waals surface area contributed by atoms with Gasteiger partial charge in [0.05, 0.1) is 0 Å². The highest BCUT2D eigenvalue weighted by Gasteiger charge is 2.33. The van der Waals surface area contributed by atoms with Gasteiger partial charge in [-0.3, -0.25) is 4.79 Å². The van der Waals surface area contributed by atoms with Gasteiger partial charge in [0, 0.05) is 0 Å². The van der Waals surface area contributed by atoms with Gasteiger partial charge in [-0.2, -0.15) is 13.2 Å². The van der Waals surface area contributed by atoms with E-state index in [2.05, 4.69) is 4.98 Å². The lowest BCUT2D eigenvalue weighted by atomic mass is 10.2. The molecule has 18 heavy (non-hydrogen) atoms. The van der Waals surface area contributed by atoms with Crippen molar-refractivity contribution >= 4 is 5.91 Å². The summed E-state index contributed by atoms with van der Waals surface area (Å²) < 4.78 is 42.3. The van der Waals surface area contributed by atoms with Crippen LogP contribution in [0, 0.1) is 0 Å². The molecule has 7 heteroatoms. The van der Waals surface area contributed by atoms with Crippen molar-refractivity contribution in [1.29, 1.82) is 0 Å². The third-order valence-corrected chi connectivity index (χ3v) is 1.97. The summed E-state index contributed by atoms with van der Waals surface area (Å²) in [7, 11) is 0. The molecule has 98 valence electrons. The summed E-state index contributed by atoms with van der Waals surface area (Å²) in [6, 6.07) is 1.63. The van der Waals surface area contributed by atoms with Crippen molar-refractivity contribution in [2.24, 2.45) is 5.73 Å². The number of hydrogen-bond acceptors (Lipinski definition) is 3. The molecule has 1 heterocycles. The molecule has 0 saturated carbocycles. The van der Waals surface area contributed by atoms with Crippen molar-refractivity contribution in [2.45, 2.75) is 13.1 Å². The zero-order chi connectivity index (χ0) is 13.8. The van der Waals surface area contributed by atoms with Gasteiger partial charge in [-0.05, 0) is 19.1 Å². The van der Waals surface area contributed by atoms with Crippen LogP contribution in [-0.4, -0.2) is 17.5 Å². The molecule has 1 aromatic rings. The van der Waals surface area contributed by atoms with E-state index in [9.17, 15) is 18.0 Å². The number of halogens is 3. The molecule has 0 radical (unpaired) electrons. The second-order valence-corrected chi connectivity index (χ2v) is 3.29. The number of carbonyl (C=O) groups excluding carboxylic acids is 1. The minimum atomic E-state index is -4.60. The number of rotatable bonds is 4. The number of allylic oxidation sites excluding steroid dienone is 1. The summed E-state index contributed by atoms with van der Waals surface area (Å²) in [5.74, 6) is -1.32. The highest BCUT2D eigenvalue weighted by Crippen LogP contribution is 2.30. The summed E-state index contributed by atoms with van der Waals surface area (Å²) in [5.41, 5.74) is 3.70. The molecule has 0 spiro atoms. The van der Waals surface area contributed by atoms with E-state index in [0.29, 0.717) is 6.07 Å². The number of ether oxygens (including phenoxy) is 1. The fourth-order valence-corrected chi connectivity index (χ4v) is 1.12. The molecule has 1 aromatic heterocycles. The lowest BCUT2D eigenvalue weighted by molar-refractivity contribution is -0.141. The van der Waals surface area contributed by atoms with E-state index in [-0.39, 0.29) is 12.2 Å². The number of pyridine rings is 1. The lowest BCUT2D eigenvalue weighted by Crippen LogP contribution is -2.17. The average molecular weight is 260 g/mol. The maximum atomic E-state index is 12.4. The lowest BCUT2D eigenvalue weighted by Gasteiger charge is -2.10. The van der Waals surface area contributed by atoms with Gasteiger partial charge in [0.15, 0.2) is 0 Å². The van der Waals surface area contributed by atoms with E-state index in [4.69, 9.17) is 10.5 Å². The molecule has 0 atom stereocenters. The smallest absolute Gasteiger partial charge is 0.433 e. The molecule has 0 unspecified atom stereocenters. The summed E-state index contributed by atoms with van der Waals surface area (Å²) >= 11 is 0. The summed E-state index contributed by atoms with van der Waals surface area (Å²) in [6.45, 7) is 1.73. The number of hydrogen-bond donors (Lipinski definition) is 1. The van der Waals surface area contributed by atoms with Crippen LogP contribution in [0.15, 0.2) is 24.3 Å². The van der Waals surface area contributed by atoms with Crippen LogP contribution in [0.25, 0.3) is 0 Å². The molecule has 0 aromatic carbocycles. The van der Waals surface area contributed by atoms with Crippen LogP contribution in [0.3, 0.4) is 0 Å². The molecule has 0 aliphatic carbocycles. The molecule has 0 bridgehead atoms. The topological polar surface area (TPSA) is 65.2 Å². The maximum absolute atomic E-state index is 12.4. The third kappa shape index (κ3) is 3.47. The summed E-state index contributed by atoms with van der Waals surface area (Å²) in [6.07, 6.45) is -1.39. The molecule has 1 amide bonds. The van der Waals surface area contributed by atoms with E-state index < -0.39 is 23.7 Å². The number of alkyl halides is 3. The van der Waals surface area contributed by atoms with E-state index in [1.165, 1.54) is 0 Å². The van der Waals surface area contributed by atoms with Crippen molar-refractivity contribution in [2.75, 3.05) is 6.61 Å². The minimum absolute atomic E-state index is 0.00505. The van der Waals surface area contributed by atoms with Crippen LogP contribution in [0.4, 0.5) is 13.2 Å². The van der Waals surface area contributed by atoms with Crippen LogP contribution >= 0.6 is 0 Å². The van der Waals surface area contributed by atoms with Crippen LogP contribution < -0.4 is 10.5 Å². The monoisotopic (exact) mass is 260 g/mol. The number of amides is 1. The Morgan fingerprint density at radius 2 is 2.17 bits per heavy atom. The van der Waals surface area contributed by atoms with E-state index >= 15 is 0 Å². The molecule has 0 saturated heterocycles. The van der Waals surface area contributed by atoms with Gasteiger partial charge < -0.3 is 10.5 Å². The zero-order valence-electron chi connectivity index (χ0n) is 9.49. The van der Waals surface area contributed by atoms with E-state index in [0.717, 1.165) is 6.07 Å². The van der Waals surface area contributed by atoms with Gasteiger partial charge in [0.2, 0.25) is 5.88 Å². The number of nitrogens with zero attached hydrogens (tertiary/aromatic N) is 1. The highest BCUT2D eigenvalue weighted by atomic mass is 19.4. The molecule has 1 rings (SSSR count). The second kappa shape index (κ2) is 5.52. The zero-order valence-corrected chi connectivity index (χ0v) is 9.49. The standard InChI is InChI=1S/C11H11F3N2O2/c1-2-3-6-18-10-7(9(15)17)4-5-8(16-10)11(12,13)14/h2-5H,6H2,1H3,(H2,15,17)/b3-2+. The molecular formula is C11H11F3N2O2. The molecule has 0 fully saturated rings. The number of primary amides is 1. The first kappa shape index (κ1) is 14.0. The van der Waals surface area contributed by atoms with Gasteiger partial charge in [-0.15, -0.1) is 0 Å². The van der Waals surface area contributed by atoms with E-state index in [1.807, 2.05) is 0 Å². The fourth-order valence-electron chi connectivity index (χ4n) is 1.12. The van der Waals surface area contributed by atoms with Crippen LogP contribution in [0.1, 0.15) is 23.0 Å². The highest BCUT2D eigenvalue weighted by molar-refractivity contribution is 5.95. The molecule has 4 nitrogen and oxygen atoms in total. The minimum Gasteiger partial charge on any atom is -0.473 e. The Hall–Kier alpha value is -2.05. The Labute approximate surface area is 101 Å². The van der Waals surface area contributed by atoms with Gasteiger partial charge in [0.1, 0.15) is 17.9 Å². The molecular weight excluding hydrogens is 249 g/mol. The fraction of sp³-hybridized carbons (Fsp3) is 0.273. The van der Waals surface area contributed by atoms with Gasteiger partial charge in [-0.25, -0.2) is 4.98 Å². The second-order valence-electron chi connectivity index (χ2n) is 3.29. The number of nitrogens with two attached hydrogens (primary N) is 1. The molecule has 0 aliphatic rings. The predicted octanol–water partition coefficient (Wildman–Crippen LogP) is 2.15. The van der Waals surface area contributed by atoms with E-state index in [1.54, 1.807) is 19.1 Å². The summed E-state index contributed by atoms with van der Waals surface area (Å²) in [4.78, 5) is 14.3. The Balaban J connectivity index is 3.11. The maximum Gasteiger partial charge on any atom is 0.433 e. The first-order valence-corrected chi connectivity index (χ1v) is 4.98. The Morgan fingerprint density at radius 1 is 1.50 bits per heavy atom. The van der Waals surface area contributed by atoms with Crippen molar-refractivity contribution in [3.63, 3.8) is 0 Å². The number of carbonyl (C=O) groups is 1. The Morgan fingerprint density at radius 3 is 2.67 bits per heavy atom. The van der Waals surface area contributed by atoms with Crippen LogP contribution in [0.5, 0.6) is 5.88 Å². The Bertz CT molecular complexity index is 470. The van der Waals surface area contributed by atoms with Crippen LogP contribution in [-0.2, 0) is 6.18 Å². The van der Waals surface area contributed by atoms with Crippen LogP contribution in [0.2, 0.25) is 0 Å². The molecule has 2 N–H and O–H groups in total. The first-order chi connectivity index (χ1) is 8.36. The normalized spacial score (nSPS) is 11.8.